The molecular formula is C18H25O9P. The van der Waals surface area contributed by atoms with Gasteiger partial charge < -0.3 is 28.0 Å². The van der Waals surface area contributed by atoms with Crippen molar-refractivity contribution in [1.82, 2.24) is 0 Å². The highest BCUT2D eigenvalue weighted by molar-refractivity contribution is 7.53. The largest absolute Gasteiger partial charge is 0.452 e. The Hall–Kier alpha value is -1.77. The smallest absolute Gasteiger partial charge is 0.356 e. The summed E-state index contributed by atoms with van der Waals surface area (Å²) >= 11 is 0. The second-order valence-electron chi connectivity index (χ2n) is 5.83. The molecule has 10 heteroatoms. The van der Waals surface area contributed by atoms with Crippen molar-refractivity contribution < 1.29 is 42.1 Å². The van der Waals surface area contributed by atoms with Crippen molar-refractivity contribution in [1.29, 1.82) is 0 Å². The lowest BCUT2D eigenvalue weighted by atomic mass is 10.2. The molecule has 1 heterocycles. The minimum absolute atomic E-state index is 0.0920. The van der Waals surface area contributed by atoms with Crippen molar-refractivity contribution >= 4 is 19.5 Å². The van der Waals surface area contributed by atoms with Gasteiger partial charge in [-0.1, -0.05) is 18.2 Å². The Balaban J connectivity index is 2.00. The Kier molecular flexibility index (Phi) is 8.59. The third-order valence-electron chi connectivity index (χ3n) is 3.63. The van der Waals surface area contributed by atoms with E-state index in [1.165, 1.54) is 6.92 Å². The van der Waals surface area contributed by atoms with E-state index in [-0.39, 0.29) is 26.0 Å². The van der Waals surface area contributed by atoms with Crippen molar-refractivity contribution in [3.8, 4) is 0 Å². The van der Waals surface area contributed by atoms with Gasteiger partial charge in [0.15, 0.2) is 18.7 Å². The molecule has 1 aromatic rings. The maximum atomic E-state index is 12.5. The summed E-state index contributed by atoms with van der Waals surface area (Å²) in [7, 11) is -3.43. The van der Waals surface area contributed by atoms with Crippen LogP contribution in [0.4, 0.5) is 0 Å². The summed E-state index contributed by atoms with van der Waals surface area (Å²) in [6, 6.07) is 8.39. The molecule has 156 valence electrons. The quantitative estimate of drug-likeness (QED) is 0.420. The van der Waals surface area contributed by atoms with Crippen LogP contribution in [0.5, 0.6) is 0 Å². The molecule has 1 fully saturated rings. The van der Waals surface area contributed by atoms with E-state index in [1.54, 1.807) is 44.2 Å². The molecule has 3 atom stereocenters. The van der Waals surface area contributed by atoms with Crippen LogP contribution in [0.15, 0.2) is 30.3 Å². The minimum atomic E-state index is -3.43. The van der Waals surface area contributed by atoms with E-state index in [1.807, 2.05) is 0 Å². The first-order chi connectivity index (χ1) is 13.4. The van der Waals surface area contributed by atoms with Gasteiger partial charge in [-0.3, -0.25) is 9.36 Å². The summed E-state index contributed by atoms with van der Waals surface area (Å²) in [4.78, 5) is 23.6. The molecule has 0 amide bonds. The lowest BCUT2D eigenvalue weighted by molar-refractivity contribution is -0.213. The van der Waals surface area contributed by atoms with E-state index in [4.69, 9.17) is 28.0 Å². The highest BCUT2D eigenvalue weighted by atomic mass is 31.2. The molecule has 1 aliphatic heterocycles. The second-order valence-corrected chi connectivity index (χ2v) is 7.83. The van der Waals surface area contributed by atoms with Crippen LogP contribution in [-0.2, 0) is 37.4 Å². The molecule has 0 aromatic heterocycles. The number of ether oxygens (including phenoxy) is 4. The molecule has 0 radical (unpaired) electrons. The van der Waals surface area contributed by atoms with E-state index in [0.29, 0.717) is 5.56 Å². The molecular weight excluding hydrogens is 391 g/mol. The van der Waals surface area contributed by atoms with E-state index < -0.39 is 38.2 Å². The summed E-state index contributed by atoms with van der Waals surface area (Å²) in [5.74, 6) is -1.18. The van der Waals surface area contributed by atoms with Gasteiger partial charge in [-0.2, -0.15) is 0 Å². The molecule has 0 saturated carbocycles. The van der Waals surface area contributed by atoms with Crippen molar-refractivity contribution in [2.45, 2.75) is 45.9 Å². The zero-order valence-corrected chi connectivity index (χ0v) is 17.0. The molecule has 0 spiro atoms. The fourth-order valence-corrected chi connectivity index (χ4v) is 3.89. The predicted octanol–water partition coefficient (Wildman–Crippen LogP) is 3.09. The first-order valence-corrected chi connectivity index (χ1v) is 10.7. The summed E-state index contributed by atoms with van der Waals surface area (Å²) in [5, 5.41) is 0. The predicted molar refractivity (Wildman–Crippen MR) is 97.5 cm³/mol. The highest BCUT2D eigenvalue weighted by Crippen LogP contribution is 2.48. The highest BCUT2D eigenvalue weighted by Gasteiger charge is 2.42. The van der Waals surface area contributed by atoms with Crippen LogP contribution in [0.1, 0.15) is 37.6 Å². The standard InChI is InChI=1S/C18H25O9P/c1-4-23-28(21,24-5-2)12-22-16-11-15(18(27-16)25-13(3)19)26-17(20)14-9-7-6-8-10-14/h6-10,15-16,18H,4-5,11-12H2,1-3H3. The Bertz CT molecular complexity index is 684. The van der Waals surface area contributed by atoms with Crippen molar-refractivity contribution in [2.75, 3.05) is 19.6 Å². The fraction of sp³-hybridized carbons (Fsp3) is 0.556. The molecule has 3 unspecified atom stereocenters. The Morgan fingerprint density at radius 3 is 2.32 bits per heavy atom. The maximum Gasteiger partial charge on any atom is 0.356 e. The summed E-state index contributed by atoms with van der Waals surface area (Å²) in [5.41, 5.74) is 0.352. The van der Waals surface area contributed by atoms with Gasteiger partial charge in [0.2, 0.25) is 6.29 Å². The van der Waals surface area contributed by atoms with Gasteiger partial charge in [0.1, 0.15) is 0 Å². The third kappa shape index (κ3) is 6.68. The zero-order chi connectivity index (χ0) is 20.6. The summed E-state index contributed by atoms with van der Waals surface area (Å²) in [6.45, 7) is 4.98. The lowest BCUT2D eigenvalue weighted by Gasteiger charge is -2.19. The first kappa shape index (κ1) is 22.5. The van der Waals surface area contributed by atoms with Gasteiger partial charge in [-0.05, 0) is 26.0 Å². The SMILES string of the molecule is CCOP(=O)(COC1CC(OC(=O)c2ccccc2)C(OC(C)=O)O1)OCC. The third-order valence-corrected chi connectivity index (χ3v) is 5.40. The topological polar surface area (TPSA) is 107 Å². The number of hydrogen-bond acceptors (Lipinski definition) is 9. The molecule has 9 nitrogen and oxygen atoms in total. The molecule has 1 aliphatic rings. The Labute approximate surface area is 163 Å². The van der Waals surface area contributed by atoms with E-state index in [2.05, 4.69) is 0 Å². The molecule has 0 aliphatic carbocycles. The molecule has 0 N–H and O–H groups in total. The Morgan fingerprint density at radius 1 is 1.11 bits per heavy atom. The zero-order valence-electron chi connectivity index (χ0n) is 16.1. The average Bonchev–Trinajstić information content (AvgIpc) is 3.02. The van der Waals surface area contributed by atoms with Gasteiger partial charge in [0, 0.05) is 13.3 Å². The van der Waals surface area contributed by atoms with Crippen LogP contribution < -0.4 is 0 Å². The summed E-state index contributed by atoms with van der Waals surface area (Å²) < 4.78 is 44.2. The maximum absolute atomic E-state index is 12.5. The summed E-state index contributed by atoms with van der Waals surface area (Å²) in [6.07, 6.45) is -3.17. The molecule has 1 saturated heterocycles. The Morgan fingerprint density at radius 2 is 1.75 bits per heavy atom. The minimum Gasteiger partial charge on any atom is -0.452 e. The molecule has 1 aromatic carbocycles. The first-order valence-electron chi connectivity index (χ1n) is 8.95. The number of rotatable bonds is 10. The van der Waals surface area contributed by atoms with Crippen LogP contribution in [0.25, 0.3) is 0 Å². The van der Waals surface area contributed by atoms with Crippen LogP contribution >= 0.6 is 7.60 Å². The van der Waals surface area contributed by atoms with Crippen molar-refractivity contribution in [3.63, 3.8) is 0 Å². The van der Waals surface area contributed by atoms with Crippen LogP contribution in [0.2, 0.25) is 0 Å². The van der Waals surface area contributed by atoms with Gasteiger partial charge in [-0.15, -0.1) is 0 Å². The second kappa shape index (κ2) is 10.7. The monoisotopic (exact) mass is 416 g/mol. The average molecular weight is 416 g/mol. The number of carbonyl (C=O) groups is 2. The van der Waals surface area contributed by atoms with Gasteiger partial charge in [0.05, 0.1) is 18.8 Å². The number of esters is 2. The number of hydrogen-bond donors (Lipinski definition) is 0. The number of benzene rings is 1. The van der Waals surface area contributed by atoms with E-state index in [9.17, 15) is 14.2 Å². The van der Waals surface area contributed by atoms with Crippen LogP contribution in [0, 0.1) is 0 Å². The normalized spacial score (nSPS) is 22.0. The van der Waals surface area contributed by atoms with Crippen molar-refractivity contribution in [3.05, 3.63) is 35.9 Å². The van der Waals surface area contributed by atoms with E-state index in [0.717, 1.165) is 0 Å². The molecule has 28 heavy (non-hydrogen) atoms. The van der Waals surface area contributed by atoms with E-state index >= 15 is 0 Å². The molecule has 2 rings (SSSR count). The lowest BCUT2D eigenvalue weighted by Crippen LogP contribution is -2.31. The fourth-order valence-electron chi connectivity index (χ4n) is 2.53. The van der Waals surface area contributed by atoms with Crippen LogP contribution in [-0.4, -0.2) is 50.2 Å². The van der Waals surface area contributed by atoms with Crippen LogP contribution in [0.3, 0.4) is 0 Å². The van der Waals surface area contributed by atoms with Gasteiger partial charge in [0.25, 0.3) is 0 Å². The number of carbonyl (C=O) groups excluding carboxylic acids is 2. The van der Waals surface area contributed by atoms with Crippen molar-refractivity contribution in [2.24, 2.45) is 0 Å². The molecule has 0 bridgehead atoms. The van der Waals surface area contributed by atoms with Gasteiger partial charge >= 0.3 is 19.5 Å². The van der Waals surface area contributed by atoms with Gasteiger partial charge in [-0.25, -0.2) is 4.79 Å².